The minimum absolute atomic E-state index is 0.0270. The van der Waals surface area contributed by atoms with E-state index < -0.39 is 11.7 Å². The van der Waals surface area contributed by atoms with Crippen molar-refractivity contribution < 1.29 is 17.9 Å². The van der Waals surface area contributed by atoms with Crippen LogP contribution in [0.15, 0.2) is 23.2 Å². The van der Waals surface area contributed by atoms with Gasteiger partial charge in [-0.3, -0.25) is 0 Å². The number of alkyl halides is 3. The number of aliphatic imine (C=N–C) groups is 1. The largest absolute Gasteiger partial charge is 0.460 e. The molecule has 0 unspecified atom stereocenters. The first-order valence-corrected chi connectivity index (χ1v) is 4.14. The molecule has 80 valence electrons. The van der Waals surface area contributed by atoms with Crippen molar-refractivity contribution >= 4 is 11.7 Å². The maximum atomic E-state index is 12.5. The number of hydrogen-bond acceptors (Lipinski definition) is 3. The molecule has 6 heteroatoms. The van der Waals surface area contributed by atoms with Crippen molar-refractivity contribution in [1.82, 2.24) is 0 Å². The Morgan fingerprint density at radius 1 is 1.33 bits per heavy atom. The molecule has 0 radical (unpaired) electrons. The van der Waals surface area contributed by atoms with E-state index in [0.717, 1.165) is 6.07 Å². The molecule has 0 spiro atoms. The van der Waals surface area contributed by atoms with E-state index in [0.29, 0.717) is 0 Å². The molecule has 0 aromatic heterocycles. The standard InChI is InChI=1S/C9H7F3N2O/c10-9(11,12)6-2-1-3-7-5(6)4-15-8(13)14-7/h1-3H,4H2,(H2,13,14). The molecule has 0 atom stereocenters. The van der Waals surface area contributed by atoms with Gasteiger partial charge in [0, 0.05) is 5.56 Å². The molecule has 0 saturated carbocycles. The first kappa shape index (κ1) is 9.82. The number of benzene rings is 1. The fourth-order valence-electron chi connectivity index (χ4n) is 1.39. The van der Waals surface area contributed by atoms with Crippen molar-refractivity contribution in [2.75, 3.05) is 0 Å². The van der Waals surface area contributed by atoms with Crippen LogP contribution in [0.4, 0.5) is 18.9 Å². The van der Waals surface area contributed by atoms with Gasteiger partial charge in [0.2, 0.25) is 0 Å². The van der Waals surface area contributed by atoms with Crippen LogP contribution in [-0.4, -0.2) is 6.02 Å². The van der Waals surface area contributed by atoms with Crippen molar-refractivity contribution in [2.45, 2.75) is 12.8 Å². The second kappa shape index (κ2) is 3.15. The lowest BCUT2D eigenvalue weighted by Gasteiger charge is -2.18. The number of hydrogen-bond donors (Lipinski definition) is 1. The summed E-state index contributed by atoms with van der Waals surface area (Å²) in [6.45, 7) is -0.194. The molecular formula is C9H7F3N2O. The van der Waals surface area contributed by atoms with Crippen LogP contribution < -0.4 is 5.73 Å². The van der Waals surface area contributed by atoms with Crippen LogP contribution in [0.2, 0.25) is 0 Å². The highest BCUT2D eigenvalue weighted by molar-refractivity contribution is 5.78. The van der Waals surface area contributed by atoms with E-state index in [4.69, 9.17) is 10.5 Å². The number of amidine groups is 1. The Morgan fingerprint density at radius 2 is 2.07 bits per heavy atom. The van der Waals surface area contributed by atoms with Gasteiger partial charge in [0.15, 0.2) is 0 Å². The van der Waals surface area contributed by atoms with E-state index in [2.05, 4.69) is 4.99 Å². The molecule has 1 aliphatic heterocycles. The molecule has 3 nitrogen and oxygen atoms in total. The van der Waals surface area contributed by atoms with E-state index >= 15 is 0 Å². The zero-order valence-electron chi connectivity index (χ0n) is 7.51. The zero-order chi connectivity index (χ0) is 11.1. The number of nitrogens with two attached hydrogens (primary N) is 1. The summed E-state index contributed by atoms with van der Waals surface area (Å²) in [5.74, 6) is 0. The molecule has 15 heavy (non-hydrogen) atoms. The van der Waals surface area contributed by atoms with Crippen molar-refractivity contribution in [1.29, 1.82) is 0 Å². The zero-order valence-corrected chi connectivity index (χ0v) is 7.51. The van der Waals surface area contributed by atoms with Crippen LogP contribution in [0, 0.1) is 0 Å². The quantitative estimate of drug-likeness (QED) is 0.722. The molecule has 0 amide bonds. The maximum Gasteiger partial charge on any atom is 0.416 e. The van der Waals surface area contributed by atoms with Gasteiger partial charge in [0.05, 0.1) is 11.3 Å². The smallest absolute Gasteiger partial charge is 0.416 e. The van der Waals surface area contributed by atoms with Crippen molar-refractivity contribution in [2.24, 2.45) is 10.7 Å². The third-order valence-corrected chi connectivity index (χ3v) is 2.05. The molecule has 1 heterocycles. The van der Waals surface area contributed by atoms with E-state index in [-0.39, 0.29) is 23.9 Å². The second-order valence-electron chi connectivity index (χ2n) is 3.04. The van der Waals surface area contributed by atoms with E-state index in [1.807, 2.05) is 0 Å². The highest BCUT2D eigenvalue weighted by Crippen LogP contribution is 2.37. The van der Waals surface area contributed by atoms with E-state index in [1.54, 1.807) is 0 Å². The number of halogens is 3. The average Bonchev–Trinajstić information content (AvgIpc) is 2.15. The first-order chi connectivity index (χ1) is 6.98. The van der Waals surface area contributed by atoms with E-state index in [1.165, 1.54) is 12.1 Å². The van der Waals surface area contributed by atoms with Gasteiger partial charge in [-0.1, -0.05) is 6.07 Å². The Bertz CT molecular complexity index is 426. The molecule has 0 aliphatic carbocycles. The summed E-state index contributed by atoms with van der Waals surface area (Å²) in [5.41, 5.74) is 4.77. The van der Waals surface area contributed by atoms with Gasteiger partial charge in [0.1, 0.15) is 6.61 Å². The van der Waals surface area contributed by atoms with Crippen LogP contribution in [0.1, 0.15) is 11.1 Å². The van der Waals surface area contributed by atoms with Crippen LogP contribution in [0.5, 0.6) is 0 Å². The highest BCUT2D eigenvalue weighted by atomic mass is 19.4. The van der Waals surface area contributed by atoms with Gasteiger partial charge in [-0.2, -0.15) is 18.2 Å². The molecule has 0 fully saturated rings. The monoisotopic (exact) mass is 216 g/mol. The first-order valence-electron chi connectivity index (χ1n) is 4.14. The Labute approximate surface area is 83.4 Å². The lowest BCUT2D eigenvalue weighted by molar-refractivity contribution is -0.138. The summed E-state index contributed by atoms with van der Waals surface area (Å²) in [4.78, 5) is 3.69. The summed E-state index contributed by atoms with van der Waals surface area (Å²) in [5, 5.41) is 0. The summed E-state index contributed by atoms with van der Waals surface area (Å²) in [7, 11) is 0. The molecule has 1 aliphatic rings. The molecular weight excluding hydrogens is 209 g/mol. The average molecular weight is 216 g/mol. The maximum absolute atomic E-state index is 12.5. The number of rotatable bonds is 0. The van der Waals surface area contributed by atoms with Crippen molar-refractivity contribution in [3.8, 4) is 0 Å². The van der Waals surface area contributed by atoms with Crippen LogP contribution in [0.25, 0.3) is 0 Å². The normalized spacial score (nSPS) is 15.3. The van der Waals surface area contributed by atoms with Gasteiger partial charge < -0.3 is 10.5 Å². The Hall–Kier alpha value is -1.72. The second-order valence-corrected chi connectivity index (χ2v) is 3.04. The fraction of sp³-hybridized carbons (Fsp3) is 0.222. The van der Waals surface area contributed by atoms with Gasteiger partial charge in [-0.25, -0.2) is 0 Å². The topological polar surface area (TPSA) is 47.6 Å². The summed E-state index contributed by atoms with van der Waals surface area (Å²) in [6.07, 6.45) is -4.39. The van der Waals surface area contributed by atoms with Crippen LogP contribution in [-0.2, 0) is 17.5 Å². The predicted molar refractivity (Wildman–Crippen MR) is 47.5 cm³/mol. The lowest BCUT2D eigenvalue weighted by atomic mass is 10.1. The molecule has 0 bridgehead atoms. The summed E-state index contributed by atoms with van der Waals surface area (Å²) < 4.78 is 42.4. The van der Waals surface area contributed by atoms with Crippen molar-refractivity contribution in [3.63, 3.8) is 0 Å². The Morgan fingerprint density at radius 3 is 2.73 bits per heavy atom. The summed E-state index contributed by atoms with van der Waals surface area (Å²) in [6, 6.07) is 3.66. The van der Waals surface area contributed by atoms with Crippen LogP contribution in [0.3, 0.4) is 0 Å². The van der Waals surface area contributed by atoms with Crippen LogP contribution >= 0.6 is 0 Å². The molecule has 1 aromatic carbocycles. The van der Waals surface area contributed by atoms with Gasteiger partial charge in [0.25, 0.3) is 6.02 Å². The highest BCUT2D eigenvalue weighted by Gasteiger charge is 2.35. The molecule has 0 saturated heterocycles. The Kier molecular flexibility index (Phi) is 2.06. The number of nitrogens with zero attached hydrogens (tertiary/aromatic N) is 1. The van der Waals surface area contributed by atoms with Gasteiger partial charge >= 0.3 is 6.18 Å². The third kappa shape index (κ3) is 1.74. The Balaban J connectivity index is 2.57. The molecule has 2 N–H and O–H groups in total. The van der Waals surface area contributed by atoms with Gasteiger partial charge in [-0.05, 0) is 12.1 Å². The molecule has 1 aromatic rings. The molecule has 2 rings (SSSR count). The number of ether oxygens (including phenoxy) is 1. The fourth-order valence-corrected chi connectivity index (χ4v) is 1.39. The van der Waals surface area contributed by atoms with Crippen molar-refractivity contribution in [3.05, 3.63) is 29.3 Å². The third-order valence-electron chi connectivity index (χ3n) is 2.05. The van der Waals surface area contributed by atoms with E-state index in [9.17, 15) is 13.2 Å². The summed E-state index contributed by atoms with van der Waals surface area (Å²) >= 11 is 0. The predicted octanol–water partition coefficient (Wildman–Crippen LogP) is 2.18. The SMILES string of the molecule is NC1=Nc2cccc(C(F)(F)F)c2CO1. The minimum Gasteiger partial charge on any atom is -0.460 e. The minimum atomic E-state index is -4.39. The van der Waals surface area contributed by atoms with Gasteiger partial charge in [-0.15, -0.1) is 0 Å². The lowest BCUT2D eigenvalue weighted by Crippen LogP contribution is -2.21. The number of fused-ring (bicyclic) bond motifs is 1.